The molecule has 6 nitrogen and oxygen atoms in total. The van der Waals surface area contributed by atoms with Crippen LogP contribution in [0.4, 0.5) is 0 Å². The average molecular weight is 418 g/mol. The molecule has 2 aromatic heterocycles. The molecule has 8 heteroatoms. The Morgan fingerprint density at radius 2 is 1.96 bits per heavy atom. The summed E-state index contributed by atoms with van der Waals surface area (Å²) in [4.78, 5) is 11.6. The second-order valence-electron chi connectivity index (χ2n) is 8.18. The molecule has 0 fully saturated rings. The number of hydrogen-bond donors (Lipinski definition) is 0. The molecule has 1 aromatic carbocycles. The summed E-state index contributed by atoms with van der Waals surface area (Å²) in [5.74, 6) is 0.416. The molecule has 0 aliphatic rings. The lowest BCUT2D eigenvalue weighted by molar-refractivity contribution is 0.272. The van der Waals surface area contributed by atoms with Gasteiger partial charge in [-0.25, -0.2) is 9.48 Å². The molecule has 0 saturated heterocycles. The highest BCUT2D eigenvalue weighted by Gasteiger charge is 2.37. The molecular formula is C20H24ClN3O3Si. The second kappa shape index (κ2) is 7.65. The van der Waals surface area contributed by atoms with Gasteiger partial charge in [0.15, 0.2) is 8.32 Å². The second-order valence-corrected chi connectivity index (χ2v) is 13.4. The normalized spacial score (nSPS) is 12.4. The quantitative estimate of drug-likeness (QED) is 0.542. The molecule has 3 rings (SSSR count). The number of benzene rings is 1. The van der Waals surface area contributed by atoms with E-state index in [0.29, 0.717) is 28.6 Å². The fourth-order valence-corrected chi connectivity index (χ4v) is 3.51. The fourth-order valence-electron chi connectivity index (χ4n) is 2.39. The first-order valence-corrected chi connectivity index (χ1v) is 12.3. The monoisotopic (exact) mass is 417 g/mol. The molecule has 0 atom stereocenters. The molecule has 0 spiro atoms. The molecule has 0 aliphatic heterocycles. The molecule has 0 saturated carbocycles. The standard InChI is InChI=1S/C20H24ClN3O3Si/c1-20(2,3)28(4,5)26-13-15-12-24(23-22-15)17-10-9-14(21)11-16(17)18-7-6-8-19(25)27-18/h6-12H,13H2,1-5H3. The molecule has 0 unspecified atom stereocenters. The first kappa shape index (κ1) is 20.5. The first-order valence-electron chi connectivity index (χ1n) is 9.02. The maximum absolute atomic E-state index is 11.6. The molecule has 2 heterocycles. The van der Waals surface area contributed by atoms with Crippen molar-refractivity contribution in [2.24, 2.45) is 0 Å². The van der Waals surface area contributed by atoms with Crippen LogP contribution in [0.2, 0.25) is 23.2 Å². The SMILES string of the molecule is CC(C)(C)[Si](C)(C)OCc1cn(-c2ccc(Cl)cc2-c2cccc(=O)o2)nn1. The summed E-state index contributed by atoms with van der Waals surface area (Å²) in [5, 5.41) is 9.12. The predicted molar refractivity (Wildman–Crippen MR) is 112 cm³/mol. The van der Waals surface area contributed by atoms with Crippen LogP contribution in [0.1, 0.15) is 26.5 Å². The van der Waals surface area contributed by atoms with Gasteiger partial charge in [0, 0.05) is 16.7 Å². The minimum Gasteiger partial charge on any atom is -0.423 e. The third-order valence-electron chi connectivity index (χ3n) is 5.09. The van der Waals surface area contributed by atoms with Crippen molar-refractivity contribution in [3.8, 4) is 17.0 Å². The Hall–Kier alpha value is -2.22. The van der Waals surface area contributed by atoms with Crippen LogP contribution in [-0.2, 0) is 11.0 Å². The van der Waals surface area contributed by atoms with E-state index in [1.165, 1.54) is 6.07 Å². The van der Waals surface area contributed by atoms with Gasteiger partial charge in [0.05, 0.1) is 18.5 Å². The van der Waals surface area contributed by atoms with E-state index in [0.717, 1.165) is 5.69 Å². The zero-order valence-electron chi connectivity index (χ0n) is 16.7. The van der Waals surface area contributed by atoms with Gasteiger partial charge in [0.1, 0.15) is 11.5 Å². The minimum absolute atomic E-state index is 0.122. The predicted octanol–water partition coefficient (Wildman–Crippen LogP) is 5.06. The summed E-state index contributed by atoms with van der Waals surface area (Å²) in [5.41, 5.74) is 1.68. The number of aromatic nitrogens is 3. The summed E-state index contributed by atoms with van der Waals surface area (Å²) in [6.07, 6.45) is 1.82. The molecule has 0 radical (unpaired) electrons. The van der Waals surface area contributed by atoms with Crippen molar-refractivity contribution in [1.82, 2.24) is 15.0 Å². The molecule has 0 aliphatic carbocycles. The summed E-state index contributed by atoms with van der Waals surface area (Å²) in [7, 11) is -1.88. The lowest BCUT2D eigenvalue weighted by Gasteiger charge is -2.35. The maximum Gasteiger partial charge on any atom is 0.336 e. The van der Waals surface area contributed by atoms with E-state index in [9.17, 15) is 4.79 Å². The minimum atomic E-state index is -1.88. The van der Waals surface area contributed by atoms with Crippen molar-refractivity contribution in [2.75, 3.05) is 0 Å². The first-order chi connectivity index (χ1) is 13.1. The number of nitrogens with zero attached hydrogens (tertiary/aromatic N) is 3. The van der Waals surface area contributed by atoms with E-state index in [-0.39, 0.29) is 5.04 Å². The van der Waals surface area contributed by atoms with Crippen molar-refractivity contribution in [3.63, 3.8) is 0 Å². The van der Waals surface area contributed by atoms with E-state index in [2.05, 4.69) is 44.2 Å². The smallest absolute Gasteiger partial charge is 0.336 e. The molecule has 28 heavy (non-hydrogen) atoms. The lowest BCUT2D eigenvalue weighted by atomic mass is 10.1. The Morgan fingerprint density at radius 3 is 2.64 bits per heavy atom. The third kappa shape index (κ3) is 4.43. The van der Waals surface area contributed by atoms with E-state index in [1.807, 2.05) is 12.3 Å². The highest BCUT2D eigenvalue weighted by Crippen LogP contribution is 2.37. The summed E-state index contributed by atoms with van der Waals surface area (Å²) < 4.78 is 13.2. The highest BCUT2D eigenvalue weighted by molar-refractivity contribution is 6.74. The zero-order chi connectivity index (χ0) is 20.5. The molecule has 0 N–H and O–H groups in total. The Kier molecular flexibility index (Phi) is 5.61. The molecular weight excluding hydrogens is 394 g/mol. The van der Waals surface area contributed by atoms with Gasteiger partial charge < -0.3 is 8.84 Å². The van der Waals surface area contributed by atoms with Gasteiger partial charge in [-0.05, 0) is 42.4 Å². The zero-order valence-corrected chi connectivity index (χ0v) is 18.4. The Balaban J connectivity index is 1.91. The largest absolute Gasteiger partial charge is 0.423 e. The van der Waals surface area contributed by atoms with Crippen molar-refractivity contribution < 1.29 is 8.84 Å². The van der Waals surface area contributed by atoms with Gasteiger partial charge in [-0.3, -0.25) is 0 Å². The molecule has 0 bridgehead atoms. The van der Waals surface area contributed by atoms with E-state index in [1.54, 1.807) is 28.9 Å². The van der Waals surface area contributed by atoms with Crippen LogP contribution < -0.4 is 5.63 Å². The van der Waals surface area contributed by atoms with Crippen molar-refractivity contribution in [2.45, 2.75) is 45.5 Å². The number of rotatable bonds is 5. The van der Waals surface area contributed by atoms with Gasteiger partial charge in [-0.15, -0.1) is 5.10 Å². The Labute approximate surface area is 170 Å². The third-order valence-corrected chi connectivity index (χ3v) is 9.80. The molecule has 0 amide bonds. The van der Waals surface area contributed by atoms with Crippen LogP contribution in [0.15, 0.2) is 51.8 Å². The Bertz CT molecular complexity index is 1040. The van der Waals surface area contributed by atoms with Crippen LogP contribution in [0, 0.1) is 0 Å². The lowest BCUT2D eigenvalue weighted by Crippen LogP contribution is -2.40. The van der Waals surface area contributed by atoms with Gasteiger partial charge >= 0.3 is 5.63 Å². The van der Waals surface area contributed by atoms with E-state index < -0.39 is 13.9 Å². The topological polar surface area (TPSA) is 70.2 Å². The van der Waals surface area contributed by atoms with Gasteiger partial charge in [-0.2, -0.15) is 0 Å². The Morgan fingerprint density at radius 1 is 1.21 bits per heavy atom. The van der Waals surface area contributed by atoms with Crippen LogP contribution in [0.3, 0.4) is 0 Å². The maximum atomic E-state index is 11.6. The number of hydrogen-bond acceptors (Lipinski definition) is 5. The molecule has 148 valence electrons. The van der Waals surface area contributed by atoms with Crippen LogP contribution in [0.5, 0.6) is 0 Å². The summed E-state index contributed by atoms with van der Waals surface area (Å²) >= 11 is 6.16. The van der Waals surface area contributed by atoms with E-state index >= 15 is 0 Å². The average Bonchev–Trinajstić information content (AvgIpc) is 3.08. The summed E-state index contributed by atoms with van der Waals surface area (Å²) in [6, 6.07) is 10.0. The summed E-state index contributed by atoms with van der Waals surface area (Å²) in [6.45, 7) is 11.4. The van der Waals surface area contributed by atoms with Gasteiger partial charge in [-0.1, -0.05) is 43.7 Å². The van der Waals surface area contributed by atoms with Crippen LogP contribution in [-0.4, -0.2) is 23.3 Å². The fraction of sp³-hybridized carbons (Fsp3) is 0.350. The highest BCUT2D eigenvalue weighted by atomic mass is 35.5. The van der Waals surface area contributed by atoms with Gasteiger partial charge in [0.2, 0.25) is 0 Å². The van der Waals surface area contributed by atoms with Crippen molar-refractivity contribution in [3.05, 3.63) is 63.7 Å². The number of halogens is 1. The van der Waals surface area contributed by atoms with E-state index in [4.69, 9.17) is 20.4 Å². The van der Waals surface area contributed by atoms with Crippen molar-refractivity contribution >= 4 is 19.9 Å². The van der Waals surface area contributed by atoms with Gasteiger partial charge in [0.25, 0.3) is 0 Å². The van der Waals surface area contributed by atoms with Crippen LogP contribution >= 0.6 is 11.6 Å². The van der Waals surface area contributed by atoms with Crippen molar-refractivity contribution in [1.29, 1.82) is 0 Å². The molecule has 3 aromatic rings. The van der Waals surface area contributed by atoms with Crippen LogP contribution in [0.25, 0.3) is 17.0 Å².